The highest BCUT2D eigenvalue weighted by molar-refractivity contribution is 6.42. The number of anilines is 1. The van der Waals surface area contributed by atoms with E-state index >= 15 is 0 Å². The number of hydrogen-bond donors (Lipinski definition) is 1. The molecule has 10 heteroatoms. The predicted octanol–water partition coefficient (Wildman–Crippen LogP) is 5.17. The monoisotopic (exact) mass is 538 g/mol. The Labute approximate surface area is 226 Å². The van der Waals surface area contributed by atoms with Gasteiger partial charge in [-0.2, -0.15) is 10.4 Å². The fourth-order valence-corrected chi connectivity index (χ4v) is 5.61. The zero-order chi connectivity index (χ0) is 26.2. The molecule has 2 unspecified atom stereocenters. The standard InChI is InChI=1S/C27H28Cl2N6O2/c1-17-21(15-32-35(17)20-4-5-22(28)23(29)13-20)26(36)33-19-3-6-25(31-14-19)27(16-30)8-10-34(11-9-27)24-7-12-37-18(24)2/h3-6,13-15,18,24H,7-12H2,1-2H3,(H,33,36). The lowest BCUT2D eigenvalue weighted by molar-refractivity contribution is 0.0570. The minimum Gasteiger partial charge on any atom is -0.377 e. The van der Waals surface area contributed by atoms with E-state index in [-0.39, 0.29) is 12.0 Å². The van der Waals surface area contributed by atoms with Crippen LogP contribution in [0.4, 0.5) is 5.69 Å². The number of rotatable bonds is 5. The molecule has 0 radical (unpaired) electrons. The second-order valence-corrected chi connectivity index (χ2v) is 10.5. The summed E-state index contributed by atoms with van der Waals surface area (Å²) in [6.45, 7) is 6.42. The molecule has 4 heterocycles. The molecule has 2 aliphatic rings. The third kappa shape index (κ3) is 4.97. The van der Waals surface area contributed by atoms with Gasteiger partial charge in [0.05, 0.1) is 62.9 Å². The summed E-state index contributed by atoms with van der Waals surface area (Å²) < 4.78 is 7.37. The quantitative estimate of drug-likeness (QED) is 0.481. The number of aromatic nitrogens is 3. The zero-order valence-corrected chi connectivity index (χ0v) is 22.3. The van der Waals surface area contributed by atoms with Crippen molar-refractivity contribution < 1.29 is 9.53 Å². The summed E-state index contributed by atoms with van der Waals surface area (Å²) in [4.78, 5) is 20.0. The topological polar surface area (TPSA) is 96.1 Å². The van der Waals surface area contributed by atoms with E-state index < -0.39 is 5.41 Å². The molecule has 192 valence electrons. The van der Waals surface area contributed by atoms with E-state index in [2.05, 4.69) is 33.3 Å². The van der Waals surface area contributed by atoms with Gasteiger partial charge < -0.3 is 10.1 Å². The molecule has 5 rings (SSSR count). The van der Waals surface area contributed by atoms with E-state index in [0.717, 1.165) is 44.7 Å². The van der Waals surface area contributed by atoms with Crippen molar-refractivity contribution in [1.29, 1.82) is 5.26 Å². The van der Waals surface area contributed by atoms with Gasteiger partial charge in [0.15, 0.2) is 0 Å². The number of pyridine rings is 1. The fraction of sp³-hybridized carbons (Fsp3) is 0.407. The molecule has 3 aromatic rings. The molecule has 2 aromatic heterocycles. The van der Waals surface area contributed by atoms with Crippen LogP contribution in [0, 0.1) is 18.3 Å². The summed E-state index contributed by atoms with van der Waals surface area (Å²) in [5.41, 5.74) is 2.47. The van der Waals surface area contributed by atoms with Crippen LogP contribution in [-0.4, -0.2) is 57.4 Å². The second kappa shape index (κ2) is 10.4. The molecular formula is C27H28Cl2N6O2. The number of benzene rings is 1. The van der Waals surface area contributed by atoms with Crippen molar-refractivity contribution in [3.8, 4) is 11.8 Å². The van der Waals surface area contributed by atoms with Crippen LogP contribution in [-0.2, 0) is 10.2 Å². The van der Waals surface area contributed by atoms with Gasteiger partial charge in [0.1, 0.15) is 5.41 Å². The van der Waals surface area contributed by atoms with E-state index in [4.69, 9.17) is 27.9 Å². The number of likely N-dealkylation sites (tertiary alicyclic amines) is 1. The summed E-state index contributed by atoms with van der Waals surface area (Å²) >= 11 is 12.2. The number of ether oxygens (including phenoxy) is 1. The molecule has 2 saturated heterocycles. The minimum absolute atomic E-state index is 0.232. The lowest BCUT2D eigenvalue weighted by atomic mass is 9.76. The van der Waals surface area contributed by atoms with Crippen LogP contribution in [0.1, 0.15) is 47.9 Å². The largest absolute Gasteiger partial charge is 0.377 e. The van der Waals surface area contributed by atoms with E-state index in [1.165, 1.54) is 6.20 Å². The predicted molar refractivity (Wildman–Crippen MR) is 142 cm³/mol. The normalized spacial score (nSPS) is 21.5. The number of carbonyl (C=O) groups excluding carboxylic acids is 1. The molecule has 0 saturated carbocycles. The van der Waals surface area contributed by atoms with E-state index in [1.807, 2.05) is 13.0 Å². The van der Waals surface area contributed by atoms with Crippen LogP contribution < -0.4 is 5.32 Å². The molecule has 0 aliphatic carbocycles. The van der Waals surface area contributed by atoms with Crippen molar-refractivity contribution in [3.63, 3.8) is 0 Å². The van der Waals surface area contributed by atoms with Crippen LogP contribution in [0.3, 0.4) is 0 Å². The molecular weight excluding hydrogens is 511 g/mol. The Morgan fingerprint density at radius 3 is 2.59 bits per heavy atom. The van der Waals surface area contributed by atoms with Crippen LogP contribution in [0.5, 0.6) is 0 Å². The van der Waals surface area contributed by atoms with Gasteiger partial charge in [-0.25, -0.2) is 4.68 Å². The fourth-order valence-electron chi connectivity index (χ4n) is 5.32. The number of nitrogens with zero attached hydrogens (tertiary/aromatic N) is 5. The van der Waals surface area contributed by atoms with Crippen molar-refractivity contribution in [1.82, 2.24) is 19.7 Å². The SMILES string of the molecule is Cc1c(C(=O)Nc2ccc(C3(C#N)CCN(C4CCOC4C)CC3)nc2)cnn1-c1ccc(Cl)c(Cl)c1. The van der Waals surface area contributed by atoms with Gasteiger partial charge in [0.25, 0.3) is 5.91 Å². The maximum absolute atomic E-state index is 13.0. The highest BCUT2D eigenvalue weighted by Gasteiger charge is 2.41. The van der Waals surface area contributed by atoms with Gasteiger partial charge in [-0.15, -0.1) is 0 Å². The minimum atomic E-state index is -0.626. The number of hydrogen-bond acceptors (Lipinski definition) is 6. The molecule has 0 spiro atoms. The molecule has 8 nitrogen and oxygen atoms in total. The summed E-state index contributed by atoms with van der Waals surface area (Å²) in [7, 11) is 0. The van der Waals surface area contributed by atoms with E-state index in [9.17, 15) is 10.1 Å². The van der Waals surface area contributed by atoms with Crippen molar-refractivity contribution in [2.24, 2.45) is 0 Å². The first-order valence-corrected chi connectivity index (χ1v) is 13.1. The Morgan fingerprint density at radius 1 is 1.19 bits per heavy atom. The number of piperidine rings is 1. The third-order valence-electron chi connectivity index (χ3n) is 7.58. The summed E-state index contributed by atoms with van der Waals surface area (Å²) in [6, 6.07) is 11.8. The van der Waals surface area contributed by atoms with Gasteiger partial charge in [-0.1, -0.05) is 23.2 Å². The second-order valence-electron chi connectivity index (χ2n) is 9.70. The van der Waals surface area contributed by atoms with Crippen LogP contribution in [0.25, 0.3) is 5.69 Å². The first-order chi connectivity index (χ1) is 17.8. The summed E-state index contributed by atoms with van der Waals surface area (Å²) in [6.07, 6.45) is 5.85. The van der Waals surface area contributed by atoms with Crippen molar-refractivity contribution in [3.05, 3.63) is 69.7 Å². The van der Waals surface area contributed by atoms with Crippen molar-refractivity contribution in [2.75, 3.05) is 25.0 Å². The van der Waals surface area contributed by atoms with Gasteiger partial charge in [0.2, 0.25) is 0 Å². The third-order valence-corrected chi connectivity index (χ3v) is 8.32. The number of carbonyl (C=O) groups is 1. The molecule has 1 N–H and O–H groups in total. The number of amides is 1. The lowest BCUT2D eigenvalue weighted by Crippen LogP contribution is -2.48. The van der Waals surface area contributed by atoms with Crippen LogP contribution in [0.2, 0.25) is 10.0 Å². The van der Waals surface area contributed by atoms with Gasteiger partial charge >= 0.3 is 0 Å². The molecule has 2 fully saturated rings. The Balaban J connectivity index is 1.26. The number of nitrogens with one attached hydrogen (secondary N) is 1. The zero-order valence-electron chi connectivity index (χ0n) is 20.7. The Hall–Kier alpha value is -2.96. The smallest absolute Gasteiger partial charge is 0.259 e. The highest BCUT2D eigenvalue weighted by Crippen LogP contribution is 2.36. The maximum atomic E-state index is 13.0. The average molecular weight is 539 g/mol. The number of halogens is 2. The van der Waals surface area contributed by atoms with Gasteiger partial charge in [-0.05, 0) is 63.4 Å². The van der Waals surface area contributed by atoms with Crippen LogP contribution >= 0.6 is 23.2 Å². The summed E-state index contributed by atoms with van der Waals surface area (Å²) in [5, 5.41) is 18.2. The molecule has 37 heavy (non-hydrogen) atoms. The lowest BCUT2D eigenvalue weighted by Gasteiger charge is -2.40. The molecule has 1 aromatic carbocycles. The molecule has 2 atom stereocenters. The molecule has 2 aliphatic heterocycles. The Morgan fingerprint density at radius 2 is 1.97 bits per heavy atom. The highest BCUT2D eigenvalue weighted by atomic mass is 35.5. The molecule has 1 amide bonds. The maximum Gasteiger partial charge on any atom is 0.259 e. The first-order valence-electron chi connectivity index (χ1n) is 12.4. The van der Waals surface area contributed by atoms with Crippen molar-refractivity contribution in [2.45, 2.75) is 50.7 Å². The molecule has 0 bridgehead atoms. The Bertz CT molecular complexity index is 1340. The number of nitriles is 1. The average Bonchev–Trinajstić information content (AvgIpc) is 3.51. The van der Waals surface area contributed by atoms with E-state index in [0.29, 0.717) is 38.7 Å². The van der Waals surface area contributed by atoms with E-state index in [1.54, 1.807) is 35.1 Å². The summed E-state index contributed by atoms with van der Waals surface area (Å²) in [5.74, 6) is -0.297. The van der Waals surface area contributed by atoms with Gasteiger partial charge in [0, 0.05) is 25.7 Å². The van der Waals surface area contributed by atoms with Crippen LogP contribution in [0.15, 0.2) is 42.7 Å². The van der Waals surface area contributed by atoms with Crippen molar-refractivity contribution >= 4 is 34.8 Å². The Kier molecular flexibility index (Phi) is 7.24. The first kappa shape index (κ1) is 25.7. The van der Waals surface area contributed by atoms with Gasteiger partial charge in [-0.3, -0.25) is 14.7 Å².